The highest BCUT2D eigenvalue weighted by atomic mass is 127. The monoisotopic (exact) mass is 386 g/mol. The third-order valence-corrected chi connectivity index (χ3v) is 3.88. The lowest BCUT2D eigenvalue weighted by Gasteiger charge is -2.19. The Balaban J connectivity index is 2.44. The van der Waals surface area contributed by atoms with Crippen molar-refractivity contribution in [1.29, 1.82) is 0 Å². The van der Waals surface area contributed by atoms with Gasteiger partial charge in [-0.3, -0.25) is 4.79 Å². The molecule has 0 aliphatic heterocycles. The second-order valence-electron chi connectivity index (χ2n) is 5.73. The molecular weight excluding hydrogens is 370 g/mol. The highest BCUT2D eigenvalue weighted by Gasteiger charge is 2.21. The van der Waals surface area contributed by atoms with E-state index < -0.39 is 0 Å². The lowest BCUT2D eigenvalue weighted by Crippen LogP contribution is -2.25. The molecule has 0 unspecified atom stereocenters. The van der Waals surface area contributed by atoms with Crippen molar-refractivity contribution in [3.05, 3.63) is 61.1 Å². The molecular formula is C15H16FIN2O. The summed E-state index contributed by atoms with van der Waals surface area (Å²) in [5.74, 6) is 0.275. The highest BCUT2D eigenvalue weighted by molar-refractivity contribution is 14.1. The second-order valence-corrected chi connectivity index (χ2v) is 6.81. The number of nitrogens with zero attached hydrogens (tertiary/aromatic N) is 1. The van der Waals surface area contributed by atoms with Crippen LogP contribution in [0.5, 0.6) is 0 Å². The molecule has 0 fully saturated rings. The van der Waals surface area contributed by atoms with Crippen molar-refractivity contribution in [2.24, 2.45) is 0 Å². The number of hydrogen-bond donors (Lipinski definition) is 1. The van der Waals surface area contributed by atoms with E-state index in [1.54, 1.807) is 6.07 Å². The predicted molar refractivity (Wildman–Crippen MR) is 85.5 cm³/mol. The fourth-order valence-electron chi connectivity index (χ4n) is 1.93. The summed E-state index contributed by atoms with van der Waals surface area (Å²) in [5, 5.41) is 0. The quantitative estimate of drug-likeness (QED) is 0.805. The molecule has 20 heavy (non-hydrogen) atoms. The maximum Gasteiger partial charge on any atom is 0.264 e. The Morgan fingerprint density at radius 1 is 1.35 bits per heavy atom. The van der Waals surface area contributed by atoms with E-state index in [-0.39, 0.29) is 16.8 Å². The summed E-state index contributed by atoms with van der Waals surface area (Å²) in [6, 6.07) is 6.32. The Bertz CT molecular complexity index is 689. The van der Waals surface area contributed by atoms with Gasteiger partial charge in [-0.25, -0.2) is 9.37 Å². The van der Waals surface area contributed by atoms with Crippen molar-refractivity contribution in [2.45, 2.75) is 32.6 Å². The van der Waals surface area contributed by atoms with E-state index in [1.807, 2.05) is 49.4 Å². The van der Waals surface area contributed by atoms with E-state index in [0.29, 0.717) is 15.8 Å². The largest absolute Gasteiger partial charge is 0.309 e. The molecule has 0 amide bonds. The van der Waals surface area contributed by atoms with Gasteiger partial charge in [0.15, 0.2) is 0 Å². The van der Waals surface area contributed by atoms with Crippen LogP contribution >= 0.6 is 22.6 Å². The summed E-state index contributed by atoms with van der Waals surface area (Å²) >= 11 is 2.02. The Labute approximate surface area is 130 Å². The third-order valence-electron chi connectivity index (χ3n) is 2.88. The van der Waals surface area contributed by atoms with Crippen LogP contribution in [0, 0.1) is 9.39 Å². The van der Waals surface area contributed by atoms with Gasteiger partial charge in [0.2, 0.25) is 0 Å². The average Bonchev–Trinajstić information content (AvgIpc) is 2.32. The maximum atomic E-state index is 13.2. The van der Waals surface area contributed by atoms with Gasteiger partial charge in [-0.1, -0.05) is 32.9 Å². The standard InChI is InChI=1S/C15H16FIN2O/c1-15(2,3)13-12(17)14(20)19-11(18-13)8-9-5-4-6-10(16)7-9/h4-7H,8H2,1-3H3,(H,18,19,20). The summed E-state index contributed by atoms with van der Waals surface area (Å²) < 4.78 is 13.8. The topological polar surface area (TPSA) is 45.8 Å². The van der Waals surface area contributed by atoms with Crippen LogP contribution in [0.25, 0.3) is 0 Å². The highest BCUT2D eigenvalue weighted by Crippen LogP contribution is 2.23. The molecule has 1 aromatic carbocycles. The van der Waals surface area contributed by atoms with Crippen LogP contribution in [0.2, 0.25) is 0 Å². The van der Waals surface area contributed by atoms with E-state index in [4.69, 9.17) is 0 Å². The summed E-state index contributed by atoms with van der Waals surface area (Å²) in [6.07, 6.45) is 0.410. The molecule has 1 heterocycles. The fourth-order valence-corrected chi connectivity index (χ4v) is 2.99. The molecule has 0 aliphatic carbocycles. The summed E-state index contributed by atoms with van der Waals surface area (Å²) in [4.78, 5) is 19.3. The first-order chi connectivity index (χ1) is 9.27. The number of H-pyrrole nitrogens is 1. The molecule has 0 atom stereocenters. The van der Waals surface area contributed by atoms with Crippen molar-refractivity contribution in [2.75, 3.05) is 0 Å². The SMILES string of the molecule is CC(C)(C)c1nc(Cc2cccc(F)c2)[nH]c(=O)c1I. The lowest BCUT2D eigenvalue weighted by atomic mass is 9.92. The molecule has 0 bridgehead atoms. The van der Waals surface area contributed by atoms with Crippen molar-refractivity contribution < 1.29 is 4.39 Å². The van der Waals surface area contributed by atoms with Crippen LogP contribution in [0.4, 0.5) is 4.39 Å². The van der Waals surface area contributed by atoms with E-state index in [9.17, 15) is 9.18 Å². The summed E-state index contributed by atoms with van der Waals surface area (Å²) in [6.45, 7) is 6.05. The first-order valence-electron chi connectivity index (χ1n) is 6.31. The lowest BCUT2D eigenvalue weighted by molar-refractivity contribution is 0.556. The number of hydrogen-bond acceptors (Lipinski definition) is 2. The first-order valence-corrected chi connectivity index (χ1v) is 7.39. The maximum absolute atomic E-state index is 13.2. The zero-order chi connectivity index (χ0) is 14.9. The molecule has 106 valence electrons. The molecule has 0 saturated heterocycles. The molecule has 3 nitrogen and oxygen atoms in total. The van der Waals surface area contributed by atoms with Crippen molar-refractivity contribution in [1.82, 2.24) is 9.97 Å². The summed E-state index contributed by atoms with van der Waals surface area (Å²) in [5.41, 5.74) is 1.21. The Kier molecular flexibility index (Phi) is 4.27. The zero-order valence-corrected chi connectivity index (χ0v) is 13.8. The minimum atomic E-state index is -0.286. The van der Waals surface area contributed by atoms with Gasteiger partial charge in [0.25, 0.3) is 5.56 Å². The molecule has 5 heteroatoms. The van der Waals surface area contributed by atoms with Gasteiger partial charge in [-0.15, -0.1) is 0 Å². The smallest absolute Gasteiger partial charge is 0.264 e. The van der Waals surface area contributed by atoms with E-state index >= 15 is 0 Å². The van der Waals surface area contributed by atoms with Crippen LogP contribution in [-0.2, 0) is 11.8 Å². The number of nitrogens with one attached hydrogen (secondary N) is 1. The number of halogens is 2. The van der Waals surface area contributed by atoms with Gasteiger partial charge in [0.05, 0.1) is 5.69 Å². The molecule has 2 aromatic rings. The van der Waals surface area contributed by atoms with Gasteiger partial charge in [0.1, 0.15) is 15.2 Å². The van der Waals surface area contributed by atoms with Gasteiger partial charge in [-0.2, -0.15) is 0 Å². The van der Waals surface area contributed by atoms with Crippen molar-refractivity contribution in [3.63, 3.8) is 0 Å². The Morgan fingerprint density at radius 3 is 2.65 bits per heavy atom. The predicted octanol–water partition coefficient (Wildman–Crippen LogP) is 3.40. The molecule has 1 N–H and O–H groups in total. The Hall–Kier alpha value is -1.24. The van der Waals surface area contributed by atoms with Crippen LogP contribution < -0.4 is 5.56 Å². The van der Waals surface area contributed by atoms with Gasteiger partial charge in [-0.05, 0) is 40.3 Å². The second kappa shape index (κ2) is 5.63. The summed E-state index contributed by atoms with van der Waals surface area (Å²) in [7, 11) is 0. The van der Waals surface area contributed by atoms with E-state index in [1.165, 1.54) is 12.1 Å². The normalized spacial score (nSPS) is 11.7. The first kappa shape index (κ1) is 15.2. The van der Waals surface area contributed by atoms with E-state index in [0.717, 1.165) is 11.3 Å². The number of aromatic amines is 1. The number of rotatable bonds is 2. The number of aromatic nitrogens is 2. The molecule has 2 rings (SSSR count). The number of benzene rings is 1. The van der Waals surface area contributed by atoms with Crippen LogP contribution in [0.1, 0.15) is 37.9 Å². The van der Waals surface area contributed by atoms with Crippen molar-refractivity contribution in [3.8, 4) is 0 Å². The fraction of sp³-hybridized carbons (Fsp3) is 0.333. The van der Waals surface area contributed by atoms with Crippen LogP contribution in [0.3, 0.4) is 0 Å². The van der Waals surface area contributed by atoms with Crippen molar-refractivity contribution >= 4 is 22.6 Å². The average molecular weight is 386 g/mol. The Morgan fingerprint density at radius 2 is 2.05 bits per heavy atom. The van der Waals surface area contributed by atoms with Gasteiger partial charge < -0.3 is 4.98 Å². The van der Waals surface area contributed by atoms with Crippen LogP contribution in [0.15, 0.2) is 29.1 Å². The van der Waals surface area contributed by atoms with Gasteiger partial charge in [0, 0.05) is 11.8 Å². The molecule has 0 radical (unpaired) electrons. The van der Waals surface area contributed by atoms with Crippen LogP contribution in [-0.4, -0.2) is 9.97 Å². The molecule has 0 spiro atoms. The third kappa shape index (κ3) is 3.45. The zero-order valence-electron chi connectivity index (χ0n) is 11.6. The molecule has 0 aliphatic rings. The molecule has 1 aromatic heterocycles. The minimum absolute atomic E-state index is 0.142. The minimum Gasteiger partial charge on any atom is -0.309 e. The van der Waals surface area contributed by atoms with Gasteiger partial charge >= 0.3 is 0 Å². The van der Waals surface area contributed by atoms with E-state index in [2.05, 4.69) is 9.97 Å². The molecule has 0 saturated carbocycles.